The zero-order valence-corrected chi connectivity index (χ0v) is 11.1. The first-order chi connectivity index (χ1) is 9.08. The van der Waals surface area contributed by atoms with Crippen LogP contribution < -0.4 is 5.32 Å². The molecule has 19 heavy (non-hydrogen) atoms. The number of piperidine rings is 1. The quantitative estimate of drug-likeness (QED) is 0.848. The molecule has 1 heterocycles. The van der Waals surface area contributed by atoms with E-state index in [4.69, 9.17) is 0 Å². The molecule has 104 valence electrons. The third kappa shape index (κ3) is 3.83. The first-order valence-electron chi connectivity index (χ1n) is 6.81. The van der Waals surface area contributed by atoms with Crippen LogP contribution in [-0.4, -0.2) is 18.4 Å². The van der Waals surface area contributed by atoms with Crippen molar-refractivity contribution >= 4 is 5.78 Å². The summed E-state index contributed by atoms with van der Waals surface area (Å²) in [6, 6.07) is 3.11. The Morgan fingerprint density at radius 3 is 2.63 bits per heavy atom. The minimum Gasteiger partial charge on any atom is -0.314 e. The Kier molecular flexibility index (Phi) is 4.64. The van der Waals surface area contributed by atoms with Crippen molar-refractivity contribution < 1.29 is 13.6 Å². The molecule has 2 unspecified atom stereocenters. The van der Waals surface area contributed by atoms with Gasteiger partial charge in [-0.25, -0.2) is 8.78 Å². The van der Waals surface area contributed by atoms with Gasteiger partial charge in [-0.05, 0) is 37.4 Å². The van der Waals surface area contributed by atoms with Gasteiger partial charge in [0.05, 0.1) is 0 Å². The van der Waals surface area contributed by atoms with Gasteiger partial charge in [0.2, 0.25) is 0 Å². The second-order valence-electron chi connectivity index (χ2n) is 5.24. The van der Waals surface area contributed by atoms with Gasteiger partial charge >= 0.3 is 0 Å². The highest BCUT2D eigenvalue weighted by Crippen LogP contribution is 2.22. The Morgan fingerprint density at radius 2 is 2.00 bits per heavy atom. The van der Waals surface area contributed by atoms with Crippen molar-refractivity contribution in [3.8, 4) is 0 Å². The zero-order valence-electron chi connectivity index (χ0n) is 11.1. The summed E-state index contributed by atoms with van der Waals surface area (Å²) in [4.78, 5) is 12.0. The fourth-order valence-corrected chi connectivity index (χ4v) is 2.68. The van der Waals surface area contributed by atoms with Gasteiger partial charge in [0, 0.05) is 24.1 Å². The van der Waals surface area contributed by atoms with Gasteiger partial charge < -0.3 is 5.32 Å². The maximum atomic E-state index is 13.1. The second kappa shape index (κ2) is 6.24. The number of hydrogen-bond donors (Lipinski definition) is 1. The largest absolute Gasteiger partial charge is 0.314 e. The normalized spacial score (nSPS) is 23.3. The molecule has 0 aromatic heterocycles. The summed E-state index contributed by atoms with van der Waals surface area (Å²) in [7, 11) is 0. The summed E-state index contributed by atoms with van der Waals surface area (Å²) in [5.74, 6) is -0.964. The van der Waals surface area contributed by atoms with Crippen molar-refractivity contribution in [1.29, 1.82) is 0 Å². The van der Waals surface area contributed by atoms with E-state index in [2.05, 4.69) is 12.2 Å². The lowest BCUT2D eigenvalue weighted by Gasteiger charge is -2.29. The van der Waals surface area contributed by atoms with E-state index in [0.717, 1.165) is 44.0 Å². The second-order valence-corrected chi connectivity index (χ2v) is 5.24. The maximum absolute atomic E-state index is 13.1. The van der Waals surface area contributed by atoms with E-state index in [-0.39, 0.29) is 17.4 Å². The van der Waals surface area contributed by atoms with Gasteiger partial charge in [-0.15, -0.1) is 0 Å². The fraction of sp³-hybridized carbons (Fsp3) is 0.533. The third-order valence-corrected chi connectivity index (χ3v) is 3.80. The smallest absolute Gasteiger partial charge is 0.164 e. The summed E-state index contributed by atoms with van der Waals surface area (Å²) in [6.07, 6.45) is 3.51. The van der Waals surface area contributed by atoms with E-state index in [1.807, 2.05) is 0 Å². The number of Topliss-reactive ketones (excluding diaryl/α,β-unsaturated/α-hetero) is 1. The molecule has 1 fully saturated rings. The average Bonchev–Trinajstić information content (AvgIpc) is 2.37. The van der Waals surface area contributed by atoms with Crippen LogP contribution in [0, 0.1) is 17.6 Å². The molecule has 0 saturated carbocycles. The minimum absolute atomic E-state index is 0.123. The average molecular weight is 267 g/mol. The van der Waals surface area contributed by atoms with Crippen LogP contribution >= 0.6 is 0 Å². The Balaban J connectivity index is 2.00. The molecule has 1 aromatic carbocycles. The predicted molar refractivity (Wildman–Crippen MR) is 70.1 cm³/mol. The predicted octanol–water partition coefficient (Wildman–Crippen LogP) is 3.32. The van der Waals surface area contributed by atoms with Gasteiger partial charge in [0.1, 0.15) is 11.6 Å². The summed E-state index contributed by atoms with van der Waals surface area (Å²) in [5, 5.41) is 3.30. The zero-order chi connectivity index (χ0) is 13.8. The number of benzene rings is 1. The molecule has 2 rings (SSSR count). The van der Waals surface area contributed by atoms with Crippen LogP contribution in [0.1, 0.15) is 43.0 Å². The van der Waals surface area contributed by atoms with Crippen LogP contribution in [0.3, 0.4) is 0 Å². The lowest BCUT2D eigenvalue weighted by atomic mass is 9.87. The lowest BCUT2D eigenvalue weighted by Crippen LogP contribution is -2.39. The number of rotatable bonds is 4. The van der Waals surface area contributed by atoms with Gasteiger partial charge in [0.25, 0.3) is 0 Å². The van der Waals surface area contributed by atoms with E-state index in [1.165, 1.54) is 0 Å². The molecule has 0 bridgehead atoms. The van der Waals surface area contributed by atoms with Crippen LogP contribution in [-0.2, 0) is 0 Å². The summed E-state index contributed by atoms with van der Waals surface area (Å²) in [5.41, 5.74) is 0.123. The molecule has 2 nitrogen and oxygen atoms in total. The third-order valence-electron chi connectivity index (χ3n) is 3.80. The summed E-state index contributed by atoms with van der Waals surface area (Å²) >= 11 is 0. The van der Waals surface area contributed by atoms with Crippen LogP contribution in [0.15, 0.2) is 18.2 Å². The highest BCUT2D eigenvalue weighted by atomic mass is 19.1. The van der Waals surface area contributed by atoms with Crippen molar-refractivity contribution in [2.75, 3.05) is 6.54 Å². The van der Waals surface area contributed by atoms with Crippen molar-refractivity contribution in [3.05, 3.63) is 35.4 Å². The van der Waals surface area contributed by atoms with Crippen molar-refractivity contribution in [1.82, 2.24) is 5.32 Å². The first kappa shape index (κ1) is 14.1. The van der Waals surface area contributed by atoms with E-state index in [0.29, 0.717) is 12.3 Å². The van der Waals surface area contributed by atoms with E-state index < -0.39 is 11.6 Å². The van der Waals surface area contributed by atoms with Crippen molar-refractivity contribution in [2.24, 2.45) is 5.92 Å². The topological polar surface area (TPSA) is 29.1 Å². The molecule has 2 atom stereocenters. The van der Waals surface area contributed by atoms with E-state index in [9.17, 15) is 13.6 Å². The number of halogens is 2. The molecule has 1 aromatic rings. The van der Waals surface area contributed by atoms with E-state index in [1.54, 1.807) is 0 Å². The Labute approximate surface area is 112 Å². The first-order valence-corrected chi connectivity index (χ1v) is 6.81. The van der Waals surface area contributed by atoms with E-state index >= 15 is 0 Å². The SMILES string of the molecule is CCC1CCNC(CC(=O)c2cc(F)cc(F)c2)C1. The van der Waals surface area contributed by atoms with Crippen LogP contribution in [0.4, 0.5) is 8.78 Å². The van der Waals surface area contributed by atoms with Gasteiger partial charge in [-0.3, -0.25) is 4.79 Å². The molecule has 0 amide bonds. The molecule has 1 N–H and O–H groups in total. The Bertz CT molecular complexity index is 441. The molecule has 0 spiro atoms. The van der Waals surface area contributed by atoms with Crippen LogP contribution in [0.2, 0.25) is 0 Å². The lowest BCUT2D eigenvalue weighted by molar-refractivity contribution is 0.0956. The molecule has 0 aliphatic carbocycles. The number of carbonyl (C=O) groups excluding carboxylic acids is 1. The Hall–Kier alpha value is -1.29. The standard InChI is InChI=1S/C15H19F2NO/c1-2-10-3-4-18-14(5-10)9-15(19)11-6-12(16)8-13(17)7-11/h6-8,10,14,18H,2-5,9H2,1H3. The van der Waals surface area contributed by atoms with Gasteiger partial charge in [-0.1, -0.05) is 13.3 Å². The molecule has 4 heteroatoms. The van der Waals surface area contributed by atoms with Crippen LogP contribution in [0.25, 0.3) is 0 Å². The highest BCUT2D eigenvalue weighted by Gasteiger charge is 2.23. The maximum Gasteiger partial charge on any atom is 0.164 e. The number of ketones is 1. The van der Waals surface area contributed by atoms with Crippen LogP contribution in [0.5, 0.6) is 0 Å². The van der Waals surface area contributed by atoms with Crippen molar-refractivity contribution in [3.63, 3.8) is 0 Å². The minimum atomic E-state index is -0.702. The molecule has 1 saturated heterocycles. The highest BCUT2D eigenvalue weighted by molar-refractivity contribution is 5.96. The fourth-order valence-electron chi connectivity index (χ4n) is 2.68. The van der Waals surface area contributed by atoms with Crippen molar-refractivity contribution in [2.45, 2.75) is 38.6 Å². The molecular weight excluding hydrogens is 248 g/mol. The number of carbonyl (C=O) groups is 1. The molecular formula is C15H19F2NO. The summed E-state index contributed by atoms with van der Waals surface area (Å²) in [6.45, 7) is 3.06. The van der Waals surface area contributed by atoms with Gasteiger partial charge in [0.15, 0.2) is 5.78 Å². The molecule has 1 aliphatic rings. The monoisotopic (exact) mass is 267 g/mol. The summed E-state index contributed by atoms with van der Waals surface area (Å²) < 4.78 is 26.2. The van der Waals surface area contributed by atoms with Gasteiger partial charge in [-0.2, -0.15) is 0 Å². The molecule has 0 radical (unpaired) electrons. The number of hydrogen-bond acceptors (Lipinski definition) is 2. The Morgan fingerprint density at radius 1 is 1.32 bits per heavy atom. The molecule has 1 aliphatic heterocycles. The number of nitrogens with one attached hydrogen (secondary N) is 1.